The molecule has 0 radical (unpaired) electrons. The Balaban J connectivity index is 1.54. The summed E-state index contributed by atoms with van der Waals surface area (Å²) < 4.78 is 35.2. The molecule has 1 fully saturated rings. The zero-order valence-corrected chi connectivity index (χ0v) is 25.8. The Kier molecular flexibility index (Phi) is 9.29. The van der Waals surface area contributed by atoms with Gasteiger partial charge in [-0.15, -0.1) is 0 Å². The number of amides is 1. The molecule has 0 spiro atoms. The number of rotatable bonds is 10. The number of hydrogen-bond donors (Lipinski definition) is 1. The highest BCUT2D eigenvalue weighted by Crippen LogP contribution is 2.34. The first-order valence-electron chi connectivity index (χ1n) is 14.0. The Morgan fingerprint density at radius 3 is 2.12 bits per heavy atom. The molecule has 228 valence electrons. The van der Waals surface area contributed by atoms with Crippen LogP contribution in [0.3, 0.4) is 0 Å². The Hall–Kier alpha value is -4.18. The van der Waals surface area contributed by atoms with Crippen LogP contribution in [0, 0.1) is 25.7 Å². The molecular formula is C33H37NO8S. The van der Waals surface area contributed by atoms with Gasteiger partial charge in [0.15, 0.2) is 21.2 Å². The lowest BCUT2D eigenvalue weighted by atomic mass is 9.84. The van der Waals surface area contributed by atoms with E-state index in [1.165, 1.54) is 38.1 Å². The monoisotopic (exact) mass is 607 g/mol. The summed E-state index contributed by atoms with van der Waals surface area (Å²) in [5.74, 6) is -0.964. The van der Waals surface area contributed by atoms with Gasteiger partial charge < -0.3 is 19.5 Å². The molecule has 0 unspecified atom stereocenters. The van der Waals surface area contributed by atoms with Crippen LogP contribution in [0.25, 0.3) is 0 Å². The number of carboxylic acids is 1. The van der Waals surface area contributed by atoms with Crippen molar-refractivity contribution in [1.82, 2.24) is 4.90 Å². The van der Waals surface area contributed by atoms with E-state index < -0.39 is 33.4 Å². The van der Waals surface area contributed by atoms with E-state index in [0.29, 0.717) is 36.4 Å². The number of likely N-dealkylation sites (tertiary alicyclic amines) is 1. The number of para-hydroxylation sites is 1. The molecule has 3 aromatic rings. The fourth-order valence-electron chi connectivity index (χ4n) is 5.34. The number of aryl methyl sites for hydroxylation is 3. The molecule has 1 amide bonds. The summed E-state index contributed by atoms with van der Waals surface area (Å²) in [6.07, 6.45) is 1.80. The largest absolute Gasteiger partial charge is 0.478 e. The lowest BCUT2D eigenvalue weighted by Gasteiger charge is -2.25. The molecule has 0 aromatic heterocycles. The van der Waals surface area contributed by atoms with Crippen molar-refractivity contribution < 1.29 is 37.4 Å². The molecule has 43 heavy (non-hydrogen) atoms. The number of ether oxygens (including phenoxy) is 2. The van der Waals surface area contributed by atoms with Crippen LogP contribution in [0.15, 0.2) is 71.6 Å². The number of benzene rings is 3. The molecule has 1 aliphatic heterocycles. The van der Waals surface area contributed by atoms with Crippen molar-refractivity contribution in [3.8, 4) is 11.5 Å². The summed E-state index contributed by atoms with van der Waals surface area (Å²) in [6.45, 7) is 7.25. The van der Waals surface area contributed by atoms with Gasteiger partial charge in [0, 0.05) is 30.8 Å². The molecule has 1 N–H and O–H groups in total. The quantitative estimate of drug-likeness (QED) is 0.299. The van der Waals surface area contributed by atoms with Crippen molar-refractivity contribution in [2.75, 3.05) is 19.3 Å². The summed E-state index contributed by atoms with van der Waals surface area (Å²) in [5.41, 5.74) is 1.62. The second kappa shape index (κ2) is 12.6. The molecule has 4 rings (SSSR count). The van der Waals surface area contributed by atoms with Gasteiger partial charge in [0.05, 0.1) is 4.90 Å². The minimum atomic E-state index is -3.41. The molecule has 2 atom stereocenters. The van der Waals surface area contributed by atoms with Crippen molar-refractivity contribution in [3.63, 3.8) is 0 Å². The highest BCUT2D eigenvalue weighted by Gasteiger charge is 2.40. The van der Waals surface area contributed by atoms with Crippen molar-refractivity contribution in [2.45, 2.75) is 51.0 Å². The van der Waals surface area contributed by atoms with Gasteiger partial charge in [-0.1, -0.05) is 42.5 Å². The third kappa shape index (κ3) is 7.62. The first-order valence-corrected chi connectivity index (χ1v) is 15.9. The molecule has 0 saturated carbocycles. The SMILES string of the molecule is Cc1cc(CC[C@@H]2CN(C(=O)Oc3ccccc3)C[C@H]2C(=O)c2ccc(S(C)(=O)=O)cc2)cc(C)c1OC(C)(C)C(=O)O. The Morgan fingerprint density at radius 1 is 0.953 bits per heavy atom. The molecule has 1 saturated heterocycles. The van der Waals surface area contributed by atoms with Gasteiger partial charge >= 0.3 is 12.1 Å². The smallest absolute Gasteiger partial charge is 0.415 e. The zero-order chi connectivity index (χ0) is 31.5. The number of carbonyl (C=O) groups excluding carboxylic acids is 2. The number of nitrogens with zero attached hydrogens (tertiary/aromatic N) is 1. The molecular weight excluding hydrogens is 570 g/mol. The van der Waals surface area contributed by atoms with Crippen LogP contribution in [0.1, 0.15) is 47.3 Å². The van der Waals surface area contributed by atoms with Crippen molar-refractivity contribution >= 4 is 27.7 Å². The molecule has 0 bridgehead atoms. The summed E-state index contributed by atoms with van der Waals surface area (Å²) >= 11 is 0. The first kappa shape index (κ1) is 31.7. The number of Topliss-reactive ketones (excluding diaryl/α,β-unsaturated/α-hetero) is 1. The minimum Gasteiger partial charge on any atom is -0.478 e. The van der Waals surface area contributed by atoms with Crippen LogP contribution in [0.2, 0.25) is 0 Å². The predicted octanol–water partition coefficient (Wildman–Crippen LogP) is 5.51. The molecule has 10 heteroatoms. The van der Waals surface area contributed by atoms with Crippen LogP contribution < -0.4 is 9.47 Å². The molecule has 0 aliphatic carbocycles. The van der Waals surface area contributed by atoms with Crippen LogP contribution in [0.4, 0.5) is 4.79 Å². The third-order valence-corrected chi connectivity index (χ3v) is 8.88. The average molecular weight is 608 g/mol. The fraction of sp³-hybridized carbons (Fsp3) is 0.364. The third-order valence-electron chi connectivity index (χ3n) is 7.75. The normalized spacial score (nSPS) is 17.0. The number of aliphatic carboxylic acids is 1. The second-order valence-electron chi connectivity index (χ2n) is 11.6. The maximum absolute atomic E-state index is 13.7. The van der Waals surface area contributed by atoms with Crippen molar-refractivity contribution in [2.24, 2.45) is 11.8 Å². The summed E-state index contributed by atoms with van der Waals surface area (Å²) in [6, 6.07) is 18.5. The average Bonchev–Trinajstić information content (AvgIpc) is 3.38. The standard InChI is InChI=1S/C33H37NO8S/c1-21-17-23(18-22(2)30(21)42-33(3,4)31(36)37)11-12-25-19-34(32(38)41-26-9-7-6-8-10-26)20-28(25)29(35)24-13-15-27(16-14-24)43(5,39)40/h6-10,13-18,25,28H,11-12,19-20H2,1-5H3,(H,36,37)/t25-,28-/m1/s1. The Bertz CT molecular complexity index is 1590. The first-order chi connectivity index (χ1) is 20.2. The van der Waals surface area contributed by atoms with Crippen LogP contribution in [-0.2, 0) is 21.1 Å². The van der Waals surface area contributed by atoms with Gasteiger partial charge in [-0.2, -0.15) is 0 Å². The van der Waals surface area contributed by atoms with Crippen LogP contribution >= 0.6 is 0 Å². The van der Waals surface area contributed by atoms with E-state index in [2.05, 4.69) is 0 Å². The minimum absolute atomic E-state index is 0.130. The van der Waals surface area contributed by atoms with Crippen LogP contribution in [0.5, 0.6) is 11.5 Å². The Labute approximate surface area is 252 Å². The molecule has 9 nitrogen and oxygen atoms in total. The highest BCUT2D eigenvalue weighted by atomic mass is 32.2. The fourth-order valence-corrected chi connectivity index (χ4v) is 5.97. The molecule has 3 aromatic carbocycles. The molecule has 1 heterocycles. The van der Waals surface area contributed by atoms with Crippen molar-refractivity contribution in [3.05, 3.63) is 89.0 Å². The van der Waals surface area contributed by atoms with E-state index in [1.807, 2.05) is 32.0 Å². The summed E-state index contributed by atoms with van der Waals surface area (Å²) in [7, 11) is -3.41. The van der Waals surface area contributed by atoms with Crippen molar-refractivity contribution in [1.29, 1.82) is 0 Å². The lowest BCUT2D eigenvalue weighted by molar-refractivity contribution is -0.152. The van der Waals surface area contributed by atoms with Gasteiger partial charge in [-0.05, 0) is 87.4 Å². The van der Waals surface area contributed by atoms with Crippen LogP contribution in [-0.4, -0.2) is 61.2 Å². The number of hydrogen-bond acceptors (Lipinski definition) is 7. The van der Waals surface area contributed by atoms with E-state index in [4.69, 9.17) is 9.47 Å². The second-order valence-corrected chi connectivity index (χ2v) is 13.6. The van der Waals surface area contributed by atoms with Gasteiger partial charge in [-0.25, -0.2) is 18.0 Å². The predicted molar refractivity (Wildman–Crippen MR) is 161 cm³/mol. The van der Waals surface area contributed by atoms with E-state index in [1.54, 1.807) is 29.2 Å². The lowest BCUT2D eigenvalue weighted by Crippen LogP contribution is -2.38. The maximum atomic E-state index is 13.7. The summed E-state index contributed by atoms with van der Waals surface area (Å²) in [5, 5.41) is 9.47. The summed E-state index contributed by atoms with van der Waals surface area (Å²) in [4.78, 5) is 40.0. The topological polar surface area (TPSA) is 127 Å². The highest BCUT2D eigenvalue weighted by molar-refractivity contribution is 7.90. The number of ketones is 1. The van der Waals surface area contributed by atoms with E-state index in [9.17, 15) is 27.9 Å². The number of carboxylic acid groups (broad SMARTS) is 1. The van der Waals surface area contributed by atoms with E-state index >= 15 is 0 Å². The number of sulfone groups is 1. The number of carbonyl (C=O) groups is 3. The van der Waals surface area contributed by atoms with Gasteiger partial charge in [-0.3, -0.25) is 4.79 Å². The maximum Gasteiger partial charge on any atom is 0.415 e. The van der Waals surface area contributed by atoms with E-state index in [-0.39, 0.29) is 23.1 Å². The van der Waals surface area contributed by atoms with Gasteiger partial charge in [0.25, 0.3) is 0 Å². The van der Waals surface area contributed by atoms with Gasteiger partial charge in [0.1, 0.15) is 11.5 Å². The molecule has 1 aliphatic rings. The van der Waals surface area contributed by atoms with E-state index in [0.717, 1.165) is 22.9 Å². The zero-order valence-electron chi connectivity index (χ0n) is 25.0. The Morgan fingerprint density at radius 2 is 1.56 bits per heavy atom. The van der Waals surface area contributed by atoms with Gasteiger partial charge in [0.2, 0.25) is 0 Å².